The van der Waals surface area contributed by atoms with Crippen molar-refractivity contribution in [2.75, 3.05) is 0 Å². The van der Waals surface area contributed by atoms with Crippen molar-refractivity contribution in [2.45, 2.75) is 6.92 Å². The molecule has 1 nitrogen and oxygen atoms in total. The largest absolute Gasteiger partial charge is 0.507 e. The van der Waals surface area contributed by atoms with Crippen molar-refractivity contribution in [3.63, 3.8) is 0 Å². The summed E-state index contributed by atoms with van der Waals surface area (Å²) in [5.74, 6) is 0.297. The molecule has 0 amide bonds. The zero-order valence-electron chi connectivity index (χ0n) is 8.67. The second kappa shape index (κ2) is 4.48. The van der Waals surface area contributed by atoms with Gasteiger partial charge in [-0.1, -0.05) is 41.9 Å². The molecule has 0 radical (unpaired) electrons. The first kappa shape index (κ1) is 11.5. The van der Waals surface area contributed by atoms with Gasteiger partial charge in [0.05, 0.1) is 5.02 Å². The monoisotopic (exact) mass is 296 g/mol. The van der Waals surface area contributed by atoms with Gasteiger partial charge in [-0.25, -0.2) is 0 Å². The summed E-state index contributed by atoms with van der Waals surface area (Å²) in [6.45, 7) is 1.87. The van der Waals surface area contributed by atoms with Crippen LogP contribution in [0.5, 0.6) is 5.75 Å². The zero-order valence-corrected chi connectivity index (χ0v) is 11.0. The Balaban J connectivity index is 2.68. The first-order valence-corrected chi connectivity index (χ1v) is 6.01. The lowest BCUT2D eigenvalue weighted by molar-refractivity contribution is 0.473. The van der Waals surface area contributed by atoms with Crippen LogP contribution in [0.2, 0.25) is 5.02 Å². The van der Waals surface area contributed by atoms with E-state index in [1.807, 2.05) is 43.3 Å². The fourth-order valence-electron chi connectivity index (χ4n) is 1.59. The first-order valence-electron chi connectivity index (χ1n) is 4.84. The maximum absolute atomic E-state index is 10.0. The molecule has 0 aromatic heterocycles. The van der Waals surface area contributed by atoms with E-state index in [-0.39, 0.29) is 0 Å². The molecule has 82 valence electrons. The number of phenols is 1. The van der Waals surface area contributed by atoms with E-state index in [2.05, 4.69) is 15.9 Å². The molecule has 0 unspecified atom stereocenters. The number of phenolic OH excluding ortho intramolecular Hbond substituents is 1. The highest BCUT2D eigenvalue weighted by Gasteiger charge is 2.10. The molecule has 0 saturated carbocycles. The smallest absolute Gasteiger partial charge is 0.126 e. The fourth-order valence-corrected chi connectivity index (χ4v) is 2.24. The SMILES string of the molecule is Cc1cccc(-c2cccc(Cl)c2Br)c1O. The average molecular weight is 298 g/mol. The van der Waals surface area contributed by atoms with Crippen LogP contribution in [0.15, 0.2) is 40.9 Å². The topological polar surface area (TPSA) is 20.2 Å². The number of hydrogen-bond donors (Lipinski definition) is 1. The van der Waals surface area contributed by atoms with Gasteiger partial charge in [-0.05, 0) is 34.5 Å². The molecule has 0 saturated heterocycles. The quantitative estimate of drug-likeness (QED) is 0.803. The summed E-state index contributed by atoms with van der Waals surface area (Å²) in [7, 11) is 0. The Bertz CT molecular complexity index is 488. The molecule has 2 aromatic rings. The van der Waals surface area contributed by atoms with E-state index in [1.54, 1.807) is 0 Å². The molecule has 3 heteroatoms. The summed E-state index contributed by atoms with van der Waals surface area (Å²) >= 11 is 9.46. The molecular formula is C13H10BrClO. The van der Waals surface area contributed by atoms with Crippen LogP contribution in [0, 0.1) is 6.92 Å². The second-order valence-corrected chi connectivity index (χ2v) is 4.77. The molecular weight excluding hydrogens is 287 g/mol. The minimum absolute atomic E-state index is 0.297. The Kier molecular flexibility index (Phi) is 3.22. The van der Waals surface area contributed by atoms with Crippen LogP contribution in [0.4, 0.5) is 0 Å². The summed E-state index contributed by atoms with van der Waals surface area (Å²) < 4.78 is 0.803. The Hall–Kier alpha value is -0.990. The number of aryl methyl sites for hydroxylation is 1. The average Bonchev–Trinajstić information content (AvgIpc) is 2.27. The molecule has 0 fully saturated rings. The van der Waals surface area contributed by atoms with Gasteiger partial charge in [-0.3, -0.25) is 0 Å². The van der Waals surface area contributed by atoms with Crippen molar-refractivity contribution in [3.8, 4) is 16.9 Å². The zero-order chi connectivity index (χ0) is 11.7. The van der Waals surface area contributed by atoms with E-state index >= 15 is 0 Å². The summed E-state index contributed by atoms with van der Waals surface area (Å²) in [6.07, 6.45) is 0. The number of hydrogen-bond acceptors (Lipinski definition) is 1. The lowest BCUT2D eigenvalue weighted by atomic mass is 10.0. The minimum Gasteiger partial charge on any atom is -0.507 e. The van der Waals surface area contributed by atoms with Crippen molar-refractivity contribution < 1.29 is 5.11 Å². The maximum atomic E-state index is 10.0. The van der Waals surface area contributed by atoms with E-state index < -0.39 is 0 Å². The molecule has 1 N–H and O–H groups in total. The van der Waals surface area contributed by atoms with Crippen molar-refractivity contribution in [2.24, 2.45) is 0 Å². The van der Waals surface area contributed by atoms with Gasteiger partial charge in [0.2, 0.25) is 0 Å². The van der Waals surface area contributed by atoms with Gasteiger partial charge < -0.3 is 5.11 Å². The highest BCUT2D eigenvalue weighted by Crippen LogP contribution is 2.38. The van der Waals surface area contributed by atoms with Crippen LogP contribution in [-0.4, -0.2) is 5.11 Å². The predicted molar refractivity (Wildman–Crippen MR) is 71.0 cm³/mol. The second-order valence-electron chi connectivity index (χ2n) is 3.57. The molecule has 2 aromatic carbocycles. The van der Waals surface area contributed by atoms with E-state index in [4.69, 9.17) is 11.6 Å². The van der Waals surface area contributed by atoms with E-state index in [0.29, 0.717) is 10.8 Å². The number of aromatic hydroxyl groups is 1. The molecule has 0 aliphatic carbocycles. The molecule has 0 bridgehead atoms. The Morgan fingerprint density at radius 1 is 1.06 bits per heavy atom. The van der Waals surface area contributed by atoms with Gasteiger partial charge in [0, 0.05) is 15.6 Å². The van der Waals surface area contributed by atoms with Crippen LogP contribution in [0.25, 0.3) is 11.1 Å². The van der Waals surface area contributed by atoms with Gasteiger partial charge >= 0.3 is 0 Å². The molecule has 2 rings (SSSR count). The Morgan fingerprint density at radius 3 is 2.44 bits per heavy atom. The molecule has 16 heavy (non-hydrogen) atoms. The van der Waals surface area contributed by atoms with E-state index in [0.717, 1.165) is 21.2 Å². The van der Waals surface area contributed by atoms with Crippen LogP contribution in [0.1, 0.15) is 5.56 Å². The summed E-state index contributed by atoms with van der Waals surface area (Å²) in [6, 6.07) is 11.3. The number of rotatable bonds is 1. The third-order valence-corrected chi connectivity index (χ3v) is 3.88. The van der Waals surface area contributed by atoms with E-state index in [1.165, 1.54) is 0 Å². The van der Waals surface area contributed by atoms with Crippen molar-refractivity contribution in [1.82, 2.24) is 0 Å². The van der Waals surface area contributed by atoms with Gasteiger partial charge in [-0.2, -0.15) is 0 Å². The lowest BCUT2D eigenvalue weighted by Gasteiger charge is -2.09. The van der Waals surface area contributed by atoms with Crippen molar-refractivity contribution >= 4 is 27.5 Å². The number of benzene rings is 2. The van der Waals surface area contributed by atoms with E-state index in [9.17, 15) is 5.11 Å². The molecule has 0 spiro atoms. The van der Waals surface area contributed by atoms with Crippen LogP contribution in [0.3, 0.4) is 0 Å². The first-order chi connectivity index (χ1) is 7.61. The highest BCUT2D eigenvalue weighted by atomic mass is 79.9. The Morgan fingerprint density at radius 2 is 1.69 bits per heavy atom. The van der Waals surface area contributed by atoms with Crippen molar-refractivity contribution in [1.29, 1.82) is 0 Å². The predicted octanol–water partition coefficient (Wildman–Crippen LogP) is 4.78. The summed E-state index contributed by atoms with van der Waals surface area (Å²) in [5, 5.41) is 10.6. The molecule has 0 heterocycles. The Labute approximate surface area is 108 Å². The maximum Gasteiger partial charge on any atom is 0.126 e. The third kappa shape index (κ3) is 1.95. The summed E-state index contributed by atoms with van der Waals surface area (Å²) in [4.78, 5) is 0. The van der Waals surface area contributed by atoms with Crippen LogP contribution < -0.4 is 0 Å². The highest BCUT2D eigenvalue weighted by molar-refractivity contribution is 9.10. The van der Waals surface area contributed by atoms with Crippen LogP contribution >= 0.6 is 27.5 Å². The van der Waals surface area contributed by atoms with Crippen molar-refractivity contribution in [3.05, 3.63) is 51.5 Å². The molecule has 0 aliphatic heterocycles. The molecule has 0 aliphatic rings. The van der Waals surface area contributed by atoms with Gasteiger partial charge in [0.15, 0.2) is 0 Å². The standard InChI is InChI=1S/C13H10BrClO/c1-8-4-2-6-10(13(8)16)9-5-3-7-11(15)12(9)14/h2-7,16H,1H3. The molecule has 0 atom stereocenters. The lowest BCUT2D eigenvalue weighted by Crippen LogP contribution is -1.84. The van der Waals surface area contributed by atoms with Crippen LogP contribution in [-0.2, 0) is 0 Å². The minimum atomic E-state index is 0.297. The van der Waals surface area contributed by atoms with Gasteiger partial charge in [0.25, 0.3) is 0 Å². The fraction of sp³-hybridized carbons (Fsp3) is 0.0769. The van der Waals surface area contributed by atoms with Gasteiger partial charge in [0.1, 0.15) is 5.75 Å². The number of para-hydroxylation sites is 1. The number of halogens is 2. The third-order valence-electron chi connectivity index (χ3n) is 2.48. The normalized spacial score (nSPS) is 10.4. The summed E-state index contributed by atoms with van der Waals surface area (Å²) in [5.41, 5.74) is 2.53. The van der Waals surface area contributed by atoms with Gasteiger partial charge in [-0.15, -0.1) is 0 Å².